The first kappa shape index (κ1) is 14.5. The van der Waals surface area contributed by atoms with Gasteiger partial charge in [0.2, 0.25) is 10.0 Å². The van der Waals surface area contributed by atoms with Gasteiger partial charge in [-0.1, -0.05) is 11.6 Å². The number of aromatic nitrogens is 2. The van der Waals surface area contributed by atoms with Gasteiger partial charge in [-0.25, -0.2) is 8.42 Å². The first-order valence-electron chi connectivity index (χ1n) is 5.59. The number of hydrogen-bond acceptors (Lipinski definition) is 4. The number of nitrogens with zero attached hydrogens (tertiary/aromatic N) is 3. The molecular formula is C12H11ClN4O2S. The molecule has 0 radical (unpaired) electrons. The van der Waals surface area contributed by atoms with Crippen molar-refractivity contribution in [3.63, 3.8) is 0 Å². The summed E-state index contributed by atoms with van der Waals surface area (Å²) < 4.78 is 26.1. The molecule has 0 saturated carbocycles. The standard InChI is InChI=1S/C12H11ClN4O2S/c1-17(8-9-6-15-16-7-9)20(18,19)12-4-11(13)3-2-10(12)5-14/h2-4,6-7H,8H2,1H3,(H,15,16). The predicted molar refractivity (Wildman–Crippen MR) is 73.4 cm³/mol. The Balaban J connectivity index is 2.40. The van der Waals surface area contributed by atoms with Crippen LogP contribution in [0.15, 0.2) is 35.5 Å². The first-order valence-corrected chi connectivity index (χ1v) is 7.40. The van der Waals surface area contributed by atoms with E-state index in [2.05, 4.69) is 10.2 Å². The maximum atomic E-state index is 12.5. The molecule has 0 aliphatic rings. The van der Waals surface area contributed by atoms with Crippen molar-refractivity contribution in [2.24, 2.45) is 0 Å². The van der Waals surface area contributed by atoms with Gasteiger partial charge in [-0.3, -0.25) is 5.10 Å². The normalized spacial score (nSPS) is 11.5. The molecular weight excluding hydrogens is 300 g/mol. The molecule has 0 atom stereocenters. The Morgan fingerprint density at radius 2 is 2.25 bits per heavy atom. The minimum absolute atomic E-state index is 0.0634. The van der Waals surface area contributed by atoms with Crippen LogP contribution < -0.4 is 0 Å². The smallest absolute Gasteiger partial charge is 0.244 e. The van der Waals surface area contributed by atoms with E-state index in [4.69, 9.17) is 16.9 Å². The molecule has 0 aliphatic carbocycles. The summed E-state index contributed by atoms with van der Waals surface area (Å²) in [6, 6.07) is 6.01. The molecule has 2 rings (SSSR count). The summed E-state index contributed by atoms with van der Waals surface area (Å²) >= 11 is 5.82. The van der Waals surface area contributed by atoms with Crippen molar-refractivity contribution in [1.29, 1.82) is 5.26 Å². The molecule has 1 aromatic heterocycles. The van der Waals surface area contributed by atoms with Crippen molar-refractivity contribution >= 4 is 21.6 Å². The van der Waals surface area contributed by atoms with Crippen LogP contribution in [0.3, 0.4) is 0 Å². The van der Waals surface area contributed by atoms with Gasteiger partial charge in [0.1, 0.15) is 11.0 Å². The van der Waals surface area contributed by atoms with E-state index in [0.717, 1.165) is 9.87 Å². The summed E-state index contributed by atoms with van der Waals surface area (Å²) in [4.78, 5) is -0.0986. The topological polar surface area (TPSA) is 89.8 Å². The van der Waals surface area contributed by atoms with Crippen molar-refractivity contribution < 1.29 is 8.42 Å². The minimum atomic E-state index is -3.80. The molecule has 6 nitrogen and oxygen atoms in total. The number of sulfonamides is 1. The van der Waals surface area contributed by atoms with Gasteiger partial charge in [-0.2, -0.15) is 14.7 Å². The monoisotopic (exact) mass is 310 g/mol. The molecule has 0 spiro atoms. The van der Waals surface area contributed by atoms with Crippen LogP contribution >= 0.6 is 11.6 Å². The van der Waals surface area contributed by atoms with E-state index < -0.39 is 10.0 Å². The van der Waals surface area contributed by atoms with Gasteiger partial charge < -0.3 is 0 Å². The van der Waals surface area contributed by atoms with E-state index in [0.29, 0.717) is 0 Å². The van der Waals surface area contributed by atoms with Gasteiger partial charge in [0, 0.05) is 30.4 Å². The lowest BCUT2D eigenvalue weighted by Gasteiger charge is -2.17. The highest BCUT2D eigenvalue weighted by Crippen LogP contribution is 2.23. The summed E-state index contributed by atoms with van der Waals surface area (Å²) in [6.45, 7) is 0.149. The number of nitriles is 1. The summed E-state index contributed by atoms with van der Waals surface area (Å²) in [5, 5.41) is 15.7. The molecule has 0 saturated heterocycles. The van der Waals surface area contributed by atoms with E-state index in [9.17, 15) is 8.42 Å². The average Bonchev–Trinajstić information content (AvgIpc) is 2.91. The largest absolute Gasteiger partial charge is 0.285 e. The highest BCUT2D eigenvalue weighted by atomic mass is 35.5. The lowest BCUT2D eigenvalue weighted by atomic mass is 10.2. The third-order valence-electron chi connectivity index (χ3n) is 2.71. The van der Waals surface area contributed by atoms with Crippen molar-refractivity contribution in [1.82, 2.24) is 14.5 Å². The Hall–Kier alpha value is -1.88. The molecule has 2 aromatic rings. The van der Waals surface area contributed by atoms with Crippen LogP contribution in [0.4, 0.5) is 0 Å². The fourth-order valence-corrected chi connectivity index (χ4v) is 3.24. The Morgan fingerprint density at radius 1 is 1.50 bits per heavy atom. The second-order valence-electron chi connectivity index (χ2n) is 4.12. The van der Waals surface area contributed by atoms with Gasteiger partial charge in [0.15, 0.2) is 0 Å². The molecule has 8 heteroatoms. The van der Waals surface area contributed by atoms with Gasteiger partial charge in [0.25, 0.3) is 0 Å². The van der Waals surface area contributed by atoms with E-state index in [1.165, 1.54) is 31.4 Å². The molecule has 0 amide bonds. The molecule has 0 bridgehead atoms. The second kappa shape index (κ2) is 5.63. The summed E-state index contributed by atoms with van der Waals surface area (Å²) in [5.41, 5.74) is 0.782. The van der Waals surface area contributed by atoms with Crippen LogP contribution in [0.1, 0.15) is 11.1 Å². The van der Waals surface area contributed by atoms with E-state index in [1.807, 2.05) is 6.07 Å². The summed E-state index contributed by atoms with van der Waals surface area (Å²) in [5.74, 6) is 0. The maximum Gasteiger partial charge on any atom is 0.244 e. The van der Waals surface area contributed by atoms with Gasteiger partial charge in [0.05, 0.1) is 11.8 Å². The Kier molecular flexibility index (Phi) is 4.09. The van der Waals surface area contributed by atoms with Crippen molar-refractivity contribution in [2.75, 3.05) is 7.05 Å². The molecule has 0 unspecified atom stereocenters. The minimum Gasteiger partial charge on any atom is -0.285 e. The lowest BCUT2D eigenvalue weighted by molar-refractivity contribution is 0.466. The zero-order chi connectivity index (χ0) is 14.8. The highest BCUT2D eigenvalue weighted by molar-refractivity contribution is 7.89. The quantitative estimate of drug-likeness (QED) is 0.931. The third-order valence-corrected chi connectivity index (χ3v) is 4.79. The number of rotatable bonds is 4. The second-order valence-corrected chi connectivity index (χ2v) is 6.57. The predicted octanol–water partition coefficient (Wildman–Crippen LogP) is 1.76. The number of benzene rings is 1. The number of H-pyrrole nitrogens is 1. The number of nitrogens with one attached hydrogen (secondary N) is 1. The van der Waals surface area contributed by atoms with Gasteiger partial charge >= 0.3 is 0 Å². The van der Waals surface area contributed by atoms with Crippen molar-refractivity contribution in [3.05, 3.63) is 46.7 Å². The zero-order valence-corrected chi connectivity index (χ0v) is 12.1. The molecule has 104 valence electrons. The fraction of sp³-hybridized carbons (Fsp3) is 0.167. The van der Waals surface area contributed by atoms with E-state index in [1.54, 1.807) is 6.20 Å². The first-order chi connectivity index (χ1) is 9.45. The Morgan fingerprint density at radius 3 is 2.85 bits per heavy atom. The van der Waals surface area contributed by atoms with Crippen molar-refractivity contribution in [3.8, 4) is 6.07 Å². The maximum absolute atomic E-state index is 12.5. The zero-order valence-electron chi connectivity index (χ0n) is 10.5. The molecule has 1 heterocycles. The number of halogens is 1. The average molecular weight is 311 g/mol. The summed E-state index contributed by atoms with van der Waals surface area (Å²) in [6.07, 6.45) is 3.14. The summed E-state index contributed by atoms with van der Waals surface area (Å²) in [7, 11) is -2.36. The molecule has 0 fully saturated rings. The molecule has 1 aromatic carbocycles. The van der Waals surface area contributed by atoms with E-state index in [-0.39, 0.29) is 22.0 Å². The van der Waals surface area contributed by atoms with Crippen molar-refractivity contribution in [2.45, 2.75) is 11.4 Å². The van der Waals surface area contributed by atoms with Gasteiger partial charge in [-0.05, 0) is 18.2 Å². The lowest BCUT2D eigenvalue weighted by Crippen LogP contribution is -2.27. The highest BCUT2D eigenvalue weighted by Gasteiger charge is 2.24. The SMILES string of the molecule is CN(Cc1cn[nH]c1)S(=O)(=O)c1cc(Cl)ccc1C#N. The van der Waals surface area contributed by atoms with Gasteiger partial charge in [-0.15, -0.1) is 0 Å². The Bertz CT molecular complexity index is 750. The third kappa shape index (κ3) is 2.82. The van der Waals surface area contributed by atoms with E-state index >= 15 is 0 Å². The van der Waals surface area contributed by atoms with Crippen LogP contribution in [0, 0.1) is 11.3 Å². The van der Waals surface area contributed by atoms with Crippen LogP contribution in [0.5, 0.6) is 0 Å². The number of hydrogen-bond donors (Lipinski definition) is 1. The number of aromatic amines is 1. The molecule has 1 N–H and O–H groups in total. The Labute approximate surface area is 121 Å². The molecule has 0 aliphatic heterocycles. The molecule has 20 heavy (non-hydrogen) atoms. The van der Waals surface area contributed by atoms with Crippen LogP contribution in [-0.2, 0) is 16.6 Å². The van der Waals surface area contributed by atoms with Crippen LogP contribution in [-0.4, -0.2) is 30.0 Å². The fourth-order valence-electron chi connectivity index (χ4n) is 1.68. The van der Waals surface area contributed by atoms with Crippen LogP contribution in [0.25, 0.3) is 0 Å². The van der Waals surface area contributed by atoms with Crippen LogP contribution in [0.2, 0.25) is 5.02 Å².